The summed E-state index contributed by atoms with van der Waals surface area (Å²) >= 11 is 0. The fraction of sp³-hybridized carbons (Fsp3) is 0.562. The van der Waals surface area contributed by atoms with Gasteiger partial charge in [-0.25, -0.2) is 4.98 Å². The molecule has 1 aromatic heterocycles. The molecule has 0 unspecified atom stereocenters. The highest BCUT2D eigenvalue weighted by Gasteiger charge is 2.21. The standard InChI is InChI=1S/C16H25N3/c1-12(17)13-5-6-15(18-11-13)19-9-7-14(8-10-19)16(2,3)4/h5-7,11-12H,8-10,17H2,1-4H3/t12-/m1/s1. The Morgan fingerprint density at radius 3 is 2.47 bits per heavy atom. The zero-order valence-corrected chi connectivity index (χ0v) is 12.5. The Morgan fingerprint density at radius 2 is 2.05 bits per heavy atom. The van der Waals surface area contributed by atoms with E-state index in [0.717, 1.165) is 30.9 Å². The number of hydrogen-bond donors (Lipinski definition) is 1. The van der Waals surface area contributed by atoms with Gasteiger partial charge in [-0.3, -0.25) is 0 Å². The van der Waals surface area contributed by atoms with E-state index in [1.807, 2.05) is 13.1 Å². The van der Waals surface area contributed by atoms with Gasteiger partial charge in [0.1, 0.15) is 5.82 Å². The Hall–Kier alpha value is -1.35. The third kappa shape index (κ3) is 3.35. The Morgan fingerprint density at radius 1 is 1.32 bits per heavy atom. The van der Waals surface area contributed by atoms with E-state index in [1.54, 1.807) is 5.57 Å². The number of nitrogens with two attached hydrogens (primary N) is 1. The summed E-state index contributed by atoms with van der Waals surface area (Å²) < 4.78 is 0. The normalized spacial score (nSPS) is 18.2. The highest BCUT2D eigenvalue weighted by atomic mass is 15.2. The molecule has 0 saturated carbocycles. The van der Waals surface area contributed by atoms with Gasteiger partial charge in [0.2, 0.25) is 0 Å². The number of anilines is 1. The van der Waals surface area contributed by atoms with Crippen LogP contribution in [0, 0.1) is 5.41 Å². The van der Waals surface area contributed by atoms with Gasteiger partial charge in [0.15, 0.2) is 0 Å². The van der Waals surface area contributed by atoms with Crippen LogP contribution in [0.1, 0.15) is 45.7 Å². The minimum Gasteiger partial charge on any atom is -0.353 e. The molecule has 0 spiro atoms. The highest BCUT2D eigenvalue weighted by molar-refractivity contribution is 5.42. The van der Waals surface area contributed by atoms with Crippen molar-refractivity contribution in [3.8, 4) is 0 Å². The zero-order valence-electron chi connectivity index (χ0n) is 12.5. The summed E-state index contributed by atoms with van der Waals surface area (Å²) in [5, 5.41) is 0. The lowest BCUT2D eigenvalue weighted by molar-refractivity contribution is 0.472. The zero-order chi connectivity index (χ0) is 14.0. The molecule has 1 atom stereocenters. The van der Waals surface area contributed by atoms with Crippen LogP contribution in [0.15, 0.2) is 30.0 Å². The third-order valence-electron chi connectivity index (χ3n) is 3.79. The molecule has 0 amide bonds. The molecule has 0 radical (unpaired) electrons. The van der Waals surface area contributed by atoms with Gasteiger partial charge in [-0.05, 0) is 30.4 Å². The summed E-state index contributed by atoms with van der Waals surface area (Å²) in [6.45, 7) is 10.8. The summed E-state index contributed by atoms with van der Waals surface area (Å²) in [4.78, 5) is 6.85. The first-order chi connectivity index (χ1) is 8.88. The van der Waals surface area contributed by atoms with Gasteiger partial charge < -0.3 is 10.6 Å². The SMILES string of the molecule is C[C@@H](N)c1ccc(N2CC=C(C(C)(C)C)CC2)nc1. The maximum atomic E-state index is 5.85. The Labute approximate surface area is 116 Å². The topological polar surface area (TPSA) is 42.1 Å². The molecule has 2 heterocycles. The lowest BCUT2D eigenvalue weighted by Gasteiger charge is -2.32. The van der Waals surface area contributed by atoms with E-state index in [1.165, 1.54) is 0 Å². The van der Waals surface area contributed by atoms with E-state index in [0.29, 0.717) is 5.41 Å². The molecule has 1 aliphatic heterocycles. The molecule has 3 heteroatoms. The van der Waals surface area contributed by atoms with Gasteiger partial charge in [-0.2, -0.15) is 0 Å². The van der Waals surface area contributed by atoms with Crippen LogP contribution in [0.5, 0.6) is 0 Å². The number of aromatic nitrogens is 1. The molecule has 0 saturated heterocycles. The van der Waals surface area contributed by atoms with Gasteiger partial charge in [0.05, 0.1) is 0 Å². The van der Waals surface area contributed by atoms with E-state index >= 15 is 0 Å². The quantitative estimate of drug-likeness (QED) is 0.829. The summed E-state index contributed by atoms with van der Waals surface area (Å²) in [6.07, 6.45) is 5.37. The molecule has 0 bridgehead atoms. The predicted molar refractivity (Wildman–Crippen MR) is 81.2 cm³/mol. The maximum Gasteiger partial charge on any atom is 0.128 e. The molecular weight excluding hydrogens is 234 g/mol. The maximum absolute atomic E-state index is 5.85. The summed E-state index contributed by atoms with van der Waals surface area (Å²) in [5.74, 6) is 1.05. The van der Waals surface area contributed by atoms with Crippen molar-refractivity contribution < 1.29 is 0 Å². The smallest absolute Gasteiger partial charge is 0.128 e. The second-order valence-electron chi connectivity index (χ2n) is 6.41. The largest absolute Gasteiger partial charge is 0.353 e. The molecule has 1 aromatic rings. The second-order valence-corrected chi connectivity index (χ2v) is 6.41. The van der Waals surface area contributed by atoms with Crippen molar-refractivity contribution in [2.45, 2.75) is 40.2 Å². The third-order valence-corrected chi connectivity index (χ3v) is 3.79. The summed E-state index contributed by atoms with van der Waals surface area (Å²) in [5.41, 5.74) is 8.78. The van der Waals surface area contributed by atoms with Crippen LogP contribution in [0.3, 0.4) is 0 Å². The molecule has 0 fully saturated rings. The minimum absolute atomic E-state index is 0.0512. The van der Waals surface area contributed by atoms with Crippen molar-refractivity contribution in [1.82, 2.24) is 4.98 Å². The first-order valence-corrected chi connectivity index (χ1v) is 7.04. The van der Waals surface area contributed by atoms with Crippen molar-refractivity contribution in [3.63, 3.8) is 0 Å². The molecule has 19 heavy (non-hydrogen) atoms. The van der Waals surface area contributed by atoms with Crippen LogP contribution < -0.4 is 10.6 Å². The number of rotatable bonds is 2. The van der Waals surface area contributed by atoms with Crippen molar-refractivity contribution in [3.05, 3.63) is 35.5 Å². The van der Waals surface area contributed by atoms with E-state index in [2.05, 4.69) is 48.9 Å². The molecule has 0 aliphatic carbocycles. The van der Waals surface area contributed by atoms with Crippen LogP contribution in [0.2, 0.25) is 0 Å². The Kier molecular flexibility index (Phi) is 3.95. The van der Waals surface area contributed by atoms with Gasteiger partial charge >= 0.3 is 0 Å². The molecule has 2 N–H and O–H groups in total. The highest BCUT2D eigenvalue weighted by Crippen LogP contribution is 2.31. The van der Waals surface area contributed by atoms with Crippen molar-refractivity contribution in [2.75, 3.05) is 18.0 Å². The predicted octanol–water partition coefficient (Wildman–Crippen LogP) is 3.28. The molecule has 1 aliphatic rings. The first-order valence-electron chi connectivity index (χ1n) is 7.04. The average molecular weight is 259 g/mol. The van der Waals surface area contributed by atoms with Crippen molar-refractivity contribution in [2.24, 2.45) is 11.1 Å². The number of pyridine rings is 1. The van der Waals surface area contributed by atoms with Crippen LogP contribution in [-0.2, 0) is 0 Å². The van der Waals surface area contributed by atoms with E-state index in [9.17, 15) is 0 Å². The summed E-state index contributed by atoms with van der Waals surface area (Å²) in [6, 6.07) is 4.21. The van der Waals surface area contributed by atoms with E-state index in [-0.39, 0.29) is 6.04 Å². The van der Waals surface area contributed by atoms with Gasteiger partial charge in [-0.15, -0.1) is 0 Å². The second kappa shape index (κ2) is 5.33. The molecule has 2 rings (SSSR count). The van der Waals surface area contributed by atoms with Crippen LogP contribution >= 0.6 is 0 Å². The fourth-order valence-corrected chi connectivity index (χ4v) is 2.41. The Bertz CT molecular complexity index is 452. The monoisotopic (exact) mass is 259 g/mol. The van der Waals surface area contributed by atoms with E-state index < -0.39 is 0 Å². The van der Waals surface area contributed by atoms with Crippen LogP contribution in [0.25, 0.3) is 0 Å². The average Bonchev–Trinajstić information content (AvgIpc) is 2.38. The van der Waals surface area contributed by atoms with Crippen molar-refractivity contribution >= 4 is 5.82 Å². The van der Waals surface area contributed by atoms with Gasteiger partial charge in [0, 0.05) is 25.3 Å². The Balaban J connectivity index is 2.07. The molecule has 3 nitrogen and oxygen atoms in total. The fourth-order valence-electron chi connectivity index (χ4n) is 2.41. The van der Waals surface area contributed by atoms with E-state index in [4.69, 9.17) is 5.73 Å². The van der Waals surface area contributed by atoms with Gasteiger partial charge in [0.25, 0.3) is 0 Å². The number of nitrogens with zero attached hydrogens (tertiary/aromatic N) is 2. The number of hydrogen-bond acceptors (Lipinski definition) is 3. The van der Waals surface area contributed by atoms with Crippen molar-refractivity contribution in [1.29, 1.82) is 0 Å². The molecular formula is C16H25N3. The van der Waals surface area contributed by atoms with Crippen LogP contribution in [-0.4, -0.2) is 18.1 Å². The van der Waals surface area contributed by atoms with Gasteiger partial charge in [-0.1, -0.05) is 38.5 Å². The lowest BCUT2D eigenvalue weighted by Crippen LogP contribution is -2.31. The lowest BCUT2D eigenvalue weighted by atomic mass is 9.83. The molecule has 104 valence electrons. The summed E-state index contributed by atoms with van der Waals surface area (Å²) in [7, 11) is 0. The first kappa shape index (κ1) is 14.1. The van der Waals surface area contributed by atoms with Crippen LogP contribution in [0.4, 0.5) is 5.82 Å². The molecule has 0 aromatic carbocycles. The minimum atomic E-state index is 0.0512.